The highest BCUT2D eigenvalue weighted by Crippen LogP contribution is 2.36. The summed E-state index contributed by atoms with van der Waals surface area (Å²) in [7, 11) is 0. The Labute approximate surface area is 168 Å². The van der Waals surface area contributed by atoms with Gasteiger partial charge in [0.1, 0.15) is 5.69 Å². The fourth-order valence-electron chi connectivity index (χ4n) is 4.35. The number of carbonyl (C=O) groups is 1. The first kappa shape index (κ1) is 20.2. The molecule has 1 aromatic heterocycles. The molecule has 1 amide bonds. The van der Waals surface area contributed by atoms with Crippen LogP contribution in [0.1, 0.15) is 53.1 Å². The normalized spacial score (nSPS) is 13.0. The van der Waals surface area contributed by atoms with Crippen molar-refractivity contribution in [2.75, 3.05) is 24.5 Å². The van der Waals surface area contributed by atoms with Crippen molar-refractivity contribution in [2.24, 2.45) is 0 Å². The van der Waals surface area contributed by atoms with Crippen molar-refractivity contribution in [1.82, 2.24) is 14.5 Å². The Kier molecular flexibility index (Phi) is 5.92. The van der Waals surface area contributed by atoms with Gasteiger partial charge in [0.2, 0.25) is 5.95 Å². The number of imidazole rings is 1. The molecule has 0 N–H and O–H groups in total. The van der Waals surface area contributed by atoms with E-state index in [1.165, 1.54) is 22.4 Å². The number of rotatable bonds is 7. The number of hydrogen-bond acceptors (Lipinski definition) is 3. The molecule has 0 spiro atoms. The molecular formula is C23H32N4O. The molecule has 0 aliphatic carbocycles. The number of nitrogens with zero attached hydrogens (tertiary/aromatic N) is 4. The van der Waals surface area contributed by atoms with Crippen molar-refractivity contribution >= 4 is 17.5 Å². The lowest BCUT2D eigenvalue weighted by Gasteiger charge is -2.22. The number of anilines is 2. The molecule has 150 valence electrons. The van der Waals surface area contributed by atoms with Gasteiger partial charge < -0.3 is 14.4 Å². The maximum absolute atomic E-state index is 13.3. The average Bonchev–Trinajstić information content (AvgIpc) is 3.19. The zero-order chi connectivity index (χ0) is 20.4. The number of benzene rings is 1. The van der Waals surface area contributed by atoms with Gasteiger partial charge in [-0.25, -0.2) is 4.98 Å². The molecule has 5 heteroatoms. The van der Waals surface area contributed by atoms with Crippen LogP contribution in [0.5, 0.6) is 0 Å². The Balaban J connectivity index is 2.06. The predicted octanol–water partition coefficient (Wildman–Crippen LogP) is 4.56. The molecule has 0 radical (unpaired) electrons. The lowest BCUT2D eigenvalue weighted by atomic mass is 10.0. The molecule has 28 heavy (non-hydrogen) atoms. The van der Waals surface area contributed by atoms with E-state index in [0.29, 0.717) is 6.54 Å². The zero-order valence-electron chi connectivity index (χ0n) is 17.9. The van der Waals surface area contributed by atoms with Gasteiger partial charge in [0.25, 0.3) is 5.91 Å². The van der Waals surface area contributed by atoms with E-state index in [4.69, 9.17) is 4.98 Å². The van der Waals surface area contributed by atoms with Crippen LogP contribution in [0.2, 0.25) is 0 Å². The van der Waals surface area contributed by atoms with Gasteiger partial charge in [-0.1, -0.05) is 37.6 Å². The summed E-state index contributed by atoms with van der Waals surface area (Å²) in [5, 5.41) is 0. The van der Waals surface area contributed by atoms with Crippen molar-refractivity contribution in [3.8, 4) is 0 Å². The minimum atomic E-state index is 0.0663. The second kappa shape index (κ2) is 8.21. The first-order valence-electron chi connectivity index (χ1n) is 10.3. The summed E-state index contributed by atoms with van der Waals surface area (Å²) in [6.07, 6.45) is 3.47. The lowest BCUT2D eigenvalue weighted by Crippen LogP contribution is -2.34. The molecule has 1 aliphatic heterocycles. The number of amides is 1. The van der Waals surface area contributed by atoms with Crippen molar-refractivity contribution in [1.29, 1.82) is 0 Å². The number of fused-ring (bicyclic) bond motifs is 1. The molecule has 0 unspecified atom stereocenters. The number of carbonyl (C=O) groups excluding carboxylic acids is 1. The van der Waals surface area contributed by atoms with Gasteiger partial charge in [0.15, 0.2) is 0 Å². The Hall–Kier alpha value is -2.56. The molecule has 1 aliphatic rings. The minimum Gasteiger partial charge on any atom is -0.334 e. The van der Waals surface area contributed by atoms with E-state index in [9.17, 15) is 4.79 Å². The molecular weight excluding hydrogens is 348 g/mol. The highest BCUT2D eigenvalue weighted by Gasteiger charge is 2.33. The van der Waals surface area contributed by atoms with E-state index in [1.54, 1.807) is 6.08 Å². The summed E-state index contributed by atoms with van der Waals surface area (Å²) < 4.78 is 2.12. The molecule has 0 fully saturated rings. The fourth-order valence-corrected chi connectivity index (χ4v) is 4.35. The first-order chi connectivity index (χ1) is 13.4. The van der Waals surface area contributed by atoms with Gasteiger partial charge >= 0.3 is 0 Å². The molecule has 0 atom stereocenters. The molecule has 3 rings (SSSR count). The van der Waals surface area contributed by atoms with Crippen molar-refractivity contribution in [2.45, 2.75) is 54.0 Å². The molecule has 1 aromatic carbocycles. The van der Waals surface area contributed by atoms with Crippen LogP contribution in [0.25, 0.3) is 0 Å². The van der Waals surface area contributed by atoms with E-state index in [2.05, 4.69) is 62.8 Å². The number of aryl methyl sites for hydroxylation is 4. The Morgan fingerprint density at radius 3 is 2.46 bits per heavy atom. The zero-order valence-corrected chi connectivity index (χ0v) is 17.9. The molecule has 5 nitrogen and oxygen atoms in total. The predicted molar refractivity (Wildman–Crippen MR) is 116 cm³/mol. The van der Waals surface area contributed by atoms with Gasteiger partial charge in [-0.3, -0.25) is 4.79 Å². The summed E-state index contributed by atoms with van der Waals surface area (Å²) in [6.45, 7) is 17.3. The highest BCUT2D eigenvalue weighted by molar-refractivity contribution is 5.95. The SMILES string of the molecule is C=CCN(CCC)C(=O)c1c(CC)nc2n1CCN2c1c(C)cc(C)cc1C. The maximum atomic E-state index is 13.3. The van der Waals surface area contributed by atoms with Crippen molar-refractivity contribution in [3.05, 3.63) is 52.9 Å². The van der Waals surface area contributed by atoms with Crippen LogP contribution in [-0.2, 0) is 13.0 Å². The monoisotopic (exact) mass is 380 g/mol. The van der Waals surface area contributed by atoms with Gasteiger partial charge in [-0.2, -0.15) is 0 Å². The van der Waals surface area contributed by atoms with Crippen molar-refractivity contribution in [3.63, 3.8) is 0 Å². The van der Waals surface area contributed by atoms with E-state index < -0.39 is 0 Å². The van der Waals surface area contributed by atoms with Crippen LogP contribution in [-0.4, -0.2) is 40.0 Å². The van der Waals surface area contributed by atoms with Gasteiger partial charge in [-0.05, 0) is 44.7 Å². The summed E-state index contributed by atoms with van der Waals surface area (Å²) in [6, 6.07) is 4.43. The largest absolute Gasteiger partial charge is 0.334 e. The highest BCUT2D eigenvalue weighted by atomic mass is 16.2. The Morgan fingerprint density at radius 2 is 1.89 bits per heavy atom. The van der Waals surface area contributed by atoms with Crippen LogP contribution in [0.4, 0.5) is 11.6 Å². The average molecular weight is 381 g/mol. The van der Waals surface area contributed by atoms with Gasteiger partial charge in [-0.15, -0.1) is 6.58 Å². The van der Waals surface area contributed by atoms with Crippen molar-refractivity contribution < 1.29 is 4.79 Å². The summed E-state index contributed by atoms with van der Waals surface area (Å²) in [5.41, 5.74) is 6.62. The second-order valence-electron chi connectivity index (χ2n) is 7.65. The quantitative estimate of drug-likeness (QED) is 0.661. The molecule has 0 saturated heterocycles. The smallest absolute Gasteiger partial charge is 0.272 e. The molecule has 0 saturated carbocycles. The number of hydrogen-bond donors (Lipinski definition) is 0. The minimum absolute atomic E-state index is 0.0663. The summed E-state index contributed by atoms with van der Waals surface area (Å²) in [4.78, 5) is 22.4. The fraction of sp³-hybridized carbons (Fsp3) is 0.478. The van der Waals surface area contributed by atoms with E-state index in [-0.39, 0.29) is 5.91 Å². The summed E-state index contributed by atoms with van der Waals surface area (Å²) >= 11 is 0. The van der Waals surface area contributed by atoms with Crippen LogP contribution < -0.4 is 4.90 Å². The summed E-state index contributed by atoms with van der Waals surface area (Å²) in [5.74, 6) is 0.960. The van der Waals surface area contributed by atoms with Crippen LogP contribution in [0.3, 0.4) is 0 Å². The number of aromatic nitrogens is 2. The van der Waals surface area contributed by atoms with E-state index in [1.807, 2.05) is 4.90 Å². The Morgan fingerprint density at radius 1 is 1.21 bits per heavy atom. The molecule has 0 bridgehead atoms. The third-order valence-electron chi connectivity index (χ3n) is 5.38. The van der Waals surface area contributed by atoms with Gasteiger partial charge in [0.05, 0.1) is 5.69 Å². The van der Waals surface area contributed by atoms with Crippen LogP contribution in [0, 0.1) is 20.8 Å². The lowest BCUT2D eigenvalue weighted by molar-refractivity contribution is 0.0762. The topological polar surface area (TPSA) is 41.4 Å². The standard InChI is InChI=1S/C23H32N4O/c1-7-10-25(11-8-2)22(28)21-19(9-3)24-23-26(12-13-27(21)23)20-17(5)14-16(4)15-18(20)6/h7,14-15H,1,8-13H2,2-6H3. The Bertz CT molecular complexity index is 873. The third-order valence-corrected chi connectivity index (χ3v) is 5.38. The first-order valence-corrected chi connectivity index (χ1v) is 10.3. The van der Waals surface area contributed by atoms with Crippen LogP contribution >= 0.6 is 0 Å². The van der Waals surface area contributed by atoms with E-state index >= 15 is 0 Å². The van der Waals surface area contributed by atoms with Crippen LogP contribution in [0.15, 0.2) is 24.8 Å². The third kappa shape index (κ3) is 3.46. The maximum Gasteiger partial charge on any atom is 0.272 e. The molecule has 2 heterocycles. The van der Waals surface area contributed by atoms with E-state index in [0.717, 1.165) is 49.8 Å². The van der Waals surface area contributed by atoms with Gasteiger partial charge in [0, 0.05) is 31.9 Å². The second-order valence-corrected chi connectivity index (χ2v) is 7.65. The molecule has 2 aromatic rings.